The first kappa shape index (κ1) is 31.3. The lowest BCUT2D eigenvalue weighted by atomic mass is 10.0. The Morgan fingerprint density at radius 3 is 1.97 bits per heavy atom. The van der Waals surface area contributed by atoms with E-state index in [0.717, 1.165) is 12.8 Å². The van der Waals surface area contributed by atoms with E-state index in [1.165, 1.54) is 90.6 Å². The Kier molecular flexibility index (Phi) is 18.3. The van der Waals surface area contributed by atoms with Gasteiger partial charge in [0.15, 0.2) is 11.5 Å². The van der Waals surface area contributed by atoms with Crippen LogP contribution < -0.4 is 19.9 Å². The topological polar surface area (TPSA) is 90.7 Å². The fourth-order valence-corrected chi connectivity index (χ4v) is 5.05. The summed E-state index contributed by atoms with van der Waals surface area (Å²) in [5.41, 5.74) is 6.09. The van der Waals surface area contributed by atoms with Crippen LogP contribution in [0.3, 0.4) is 0 Å². The number of ether oxygens (including phenoxy) is 2. The van der Waals surface area contributed by atoms with Gasteiger partial charge in [-0.2, -0.15) is 0 Å². The van der Waals surface area contributed by atoms with Crippen molar-refractivity contribution in [1.29, 1.82) is 0 Å². The normalized spacial score (nSPS) is 11.7. The summed E-state index contributed by atoms with van der Waals surface area (Å²) in [6.45, 7) is 3.04. The van der Waals surface area contributed by atoms with Gasteiger partial charge in [0.25, 0.3) is 0 Å². The van der Waals surface area contributed by atoms with Crippen molar-refractivity contribution in [2.45, 2.75) is 109 Å². The lowest BCUT2D eigenvalue weighted by Gasteiger charge is -2.12. The number of sulfonamides is 1. The molecule has 6 nitrogen and oxygen atoms in total. The van der Waals surface area contributed by atoms with E-state index in [2.05, 4.69) is 11.6 Å². The van der Waals surface area contributed by atoms with Gasteiger partial charge in [-0.3, -0.25) is 4.72 Å². The maximum Gasteiger partial charge on any atom is 0.236 e. The number of unbranched alkanes of at least 4 members (excludes halogenated alkanes) is 14. The summed E-state index contributed by atoms with van der Waals surface area (Å²) in [5.74, 6) is 0.934. The second kappa shape index (κ2) is 20.5. The van der Waals surface area contributed by atoms with Gasteiger partial charge >= 0.3 is 0 Å². The molecule has 0 spiro atoms. The monoisotopic (exact) mass is 510 g/mol. The molecule has 0 fully saturated rings. The third-order valence-corrected chi connectivity index (χ3v) is 7.26. The molecule has 0 amide bonds. The summed E-state index contributed by atoms with van der Waals surface area (Å²) in [6, 6.07) is 5.13. The van der Waals surface area contributed by atoms with Crippen LogP contribution in [0.25, 0.3) is 0 Å². The highest BCUT2D eigenvalue weighted by atomic mass is 32.2. The summed E-state index contributed by atoms with van der Waals surface area (Å²) in [6.07, 6.45) is 23.1. The summed E-state index contributed by atoms with van der Waals surface area (Å²) in [5, 5.41) is 0. The van der Waals surface area contributed by atoms with E-state index in [-0.39, 0.29) is 5.75 Å². The van der Waals surface area contributed by atoms with Crippen molar-refractivity contribution < 1.29 is 17.9 Å². The van der Waals surface area contributed by atoms with Crippen LogP contribution in [0, 0.1) is 0 Å². The molecular weight excluding hydrogens is 460 g/mol. The average molecular weight is 511 g/mol. The second-order valence-corrected chi connectivity index (χ2v) is 11.0. The highest BCUT2D eigenvalue weighted by molar-refractivity contribution is 7.88. The van der Waals surface area contributed by atoms with E-state index in [1.54, 1.807) is 24.4 Å². The number of rotatable bonds is 23. The van der Waals surface area contributed by atoms with Gasteiger partial charge in [0.1, 0.15) is 6.61 Å². The van der Waals surface area contributed by atoms with Gasteiger partial charge in [-0.05, 0) is 30.5 Å². The minimum Gasteiger partial charge on any atom is -0.493 e. The molecule has 0 bridgehead atoms. The lowest BCUT2D eigenvalue weighted by Crippen LogP contribution is -2.19. The SMILES string of the molecule is CCCCCCCCCCCCCCCCC=CNS(=O)(=O)Cc1ccc(OCCN)c(OC)c1. The molecule has 0 aliphatic carbocycles. The molecule has 0 aliphatic heterocycles. The quantitative estimate of drug-likeness (QED) is 0.157. The molecule has 1 aromatic rings. The zero-order valence-corrected chi connectivity index (χ0v) is 23.0. The fourth-order valence-electron chi connectivity index (χ4n) is 4.04. The molecular formula is C28H50N2O4S. The summed E-state index contributed by atoms with van der Waals surface area (Å²) < 4.78 is 38.1. The summed E-state index contributed by atoms with van der Waals surface area (Å²) in [7, 11) is -1.93. The summed E-state index contributed by atoms with van der Waals surface area (Å²) >= 11 is 0. The van der Waals surface area contributed by atoms with Gasteiger partial charge in [0.05, 0.1) is 12.9 Å². The van der Waals surface area contributed by atoms with E-state index in [0.29, 0.717) is 30.2 Å². The van der Waals surface area contributed by atoms with Crippen LogP contribution in [-0.2, 0) is 15.8 Å². The number of methoxy groups -OCH3 is 1. The Morgan fingerprint density at radius 2 is 1.43 bits per heavy atom. The number of hydrogen-bond donors (Lipinski definition) is 2. The molecule has 202 valence electrons. The largest absolute Gasteiger partial charge is 0.493 e. The van der Waals surface area contributed by atoms with E-state index >= 15 is 0 Å². The van der Waals surface area contributed by atoms with Gasteiger partial charge in [-0.1, -0.05) is 103 Å². The Morgan fingerprint density at radius 1 is 0.857 bits per heavy atom. The maximum absolute atomic E-state index is 12.4. The maximum atomic E-state index is 12.4. The van der Waals surface area contributed by atoms with Crippen LogP contribution in [0.1, 0.15) is 109 Å². The van der Waals surface area contributed by atoms with Crippen LogP contribution in [0.2, 0.25) is 0 Å². The van der Waals surface area contributed by atoms with E-state index in [4.69, 9.17) is 15.2 Å². The van der Waals surface area contributed by atoms with Crippen LogP contribution in [0.15, 0.2) is 30.5 Å². The van der Waals surface area contributed by atoms with E-state index in [9.17, 15) is 8.42 Å². The Labute approximate surface area is 215 Å². The molecule has 0 radical (unpaired) electrons. The smallest absolute Gasteiger partial charge is 0.236 e. The molecule has 7 heteroatoms. The minimum absolute atomic E-state index is 0.121. The van der Waals surface area contributed by atoms with E-state index in [1.807, 2.05) is 6.08 Å². The molecule has 0 unspecified atom stereocenters. The molecule has 3 N–H and O–H groups in total. The van der Waals surface area contributed by atoms with Gasteiger partial charge in [0, 0.05) is 12.7 Å². The van der Waals surface area contributed by atoms with Crippen LogP contribution in [0.4, 0.5) is 0 Å². The van der Waals surface area contributed by atoms with Crippen molar-refractivity contribution in [1.82, 2.24) is 4.72 Å². The molecule has 35 heavy (non-hydrogen) atoms. The standard InChI is InChI=1S/C28H50N2O4S/c1-3-4-5-6-7-8-9-10-11-12-13-14-15-16-17-18-22-30-35(31,32)25-26-19-20-27(34-23-21-29)28(24-26)33-2/h18-20,22,24,30H,3-17,21,23,25,29H2,1-2H3. The van der Waals surface area contributed by atoms with Crippen molar-refractivity contribution >= 4 is 10.0 Å². The minimum atomic E-state index is -3.46. The number of benzene rings is 1. The number of hydrogen-bond acceptors (Lipinski definition) is 5. The first-order valence-corrected chi connectivity index (χ1v) is 15.3. The van der Waals surface area contributed by atoms with Crippen molar-refractivity contribution in [3.05, 3.63) is 36.0 Å². The molecule has 0 aromatic heterocycles. The molecule has 0 heterocycles. The second-order valence-electron chi connectivity index (χ2n) is 9.29. The van der Waals surface area contributed by atoms with Crippen LogP contribution in [0.5, 0.6) is 11.5 Å². The van der Waals surface area contributed by atoms with Gasteiger partial charge in [-0.25, -0.2) is 8.42 Å². The zero-order chi connectivity index (χ0) is 25.6. The van der Waals surface area contributed by atoms with Gasteiger partial charge < -0.3 is 15.2 Å². The molecule has 1 aromatic carbocycles. The van der Waals surface area contributed by atoms with Crippen molar-refractivity contribution in [3.8, 4) is 11.5 Å². The first-order valence-electron chi connectivity index (χ1n) is 13.7. The van der Waals surface area contributed by atoms with Crippen molar-refractivity contribution in [2.24, 2.45) is 5.73 Å². The molecule has 0 atom stereocenters. The van der Waals surface area contributed by atoms with Gasteiger partial charge in [-0.15, -0.1) is 0 Å². The Balaban J connectivity index is 2.09. The Bertz CT molecular complexity index is 781. The highest BCUT2D eigenvalue weighted by Gasteiger charge is 2.12. The van der Waals surface area contributed by atoms with Crippen LogP contribution >= 0.6 is 0 Å². The number of allylic oxidation sites excluding steroid dienone is 1. The lowest BCUT2D eigenvalue weighted by molar-refractivity contribution is 0.302. The van der Waals surface area contributed by atoms with Crippen molar-refractivity contribution in [3.63, 3.8) is 0 Å². The predicted octanol–water partition coefficient (Wildman–Crippen LogP) is 6.84. The zero-order valence-electron chi connectivity index (χ0n) is 22.2. The third kappa shape index (κ3) is 16.5. The highest BCUT2D eigenvalue weighted by Crippen LogP contribution is 2.28. The van der Waals surface area contributed by atoms with Gasteiger partial charge in [0.2, 0.25) is 10.0 Å². The van der Waals surface area contributed by atoms with Crippen molar-refractivity contribution in [2.75, 3.05) is 20.3 Å². The molecule has 0 aliphatic rings. The number of nitrogens with one attached hydrogen (secondary N) is 1. The number of nitrogens with two attached hydrogens (primary N) is 1. The first-order chi connectivity index (χ1) is 17.0. The molecule has 0 saturated heterocycles. The third-order valence-electron chi connectivity index (χ3n) is 6.05. The molecule has 0 saturated carbocycles. The average Bonchev–Trinajstić information content (AvgIpc) is 2.84. The Hall–Kier alpha value is -1.73. The predicted molar refractivity (Wildman–Crippen MR) is 147 cm³/mol. The van der Waals surface area contributed by atoms with E-state index < -0.39 is 10.0 Å². The van der Waals surface area contributed by atoms with Crippen LogP contribution in [-0.4, -0.2) is 28.7 Å². The molecule has 1 rings (SSSR count). The fraction of sp³-hybridized carbons (Fsp3) is 0.714. The summed E-state index contributed by atoms with van der Waals surface area (Å²) in [4.78, 5) is 0.